The van der Waals surface area contributed by atoms with E-state index in [9.17, 15) is 9.90 Å². The summed E-state index contributed by atoms with van der Waals surface area (Å²) < 4.78 is 0. The summed E-state index contributed by atoms with van der Waals surface area (Å²) in [5, 5.41) is 11.7. The molecule has 1 heterocycles. The van der Waals surface area contributed by atoms with Crippen molar-refractivity contribution >= 4 is 5.91 Å². The Balaban J connectivity index is 1.46. The Morgan fingerprint density at radius 3 is 2.24 bits per heavy atom. The molecule has 0 radical (unpaired) electrons. The number of carbonyl (C=O) groups excluding carboxylic acids is 1. The van der Waals surface area contributed by atoms with Crippen LogP contribution in [0.1, 0.15) is 42.4 Å². The maximum absolute atomic E-state index is 13.6. The van der Waals surface area contributed by atoms with Crippen LogP contribution in [-0.2, 0) is 16.9 Å². The second-order valence-electron chi connectivity index (χ2n) is 8.61. The van der Waals surface area contributed by atoms with Gasteiger partial charge in [-0.3, -0.25) is 9.69 Å². The molecule has 0 aromatic heterocycles. The number of benzene rings is 2. The molecule has 4 heteroatoms. The van der Waals surface area contributed by atoms with Gasteiger partial charge in [-0.15, -0.1) is 0 Å². The summed E-state index contributed by atoms with van der Waals surface area (Å²) in [6, 6.07) is 18.1. The van der Waals surface area contributed by atoms with E-state index in [1.807, 2.05) is 35.2 Å². The topological polar surface area (TPSA) is 43.8 Å². The molecule has 2 fully saturated rings. The Kier molecular flexibility index (Phi) is 6.02. The number of amides is 1. The van der Waals surface area contributed by atoms with Gasteiger partial charge < -0.3 is 10.0 Å². The van der Waals surface area contributed by atoms with E-state index in [2.05, 4.69) is 36.1 Å². The number of aryl methyl sites for hydroxylation is 1. The van der Waals surface area contributed by atoms with E-state index >= 15 is 0 Å². The van der Waals surface area contributed by atoms with Gasteiger partial charge in [0.25, 0.3) is 5.91 Å². The zero-order valence-corrected chi connectivity index (χ0v) is 17.4. The summed E-state index contributed by atoms with van der Waals surface area (Å²) in [5.74, 6) is -0.0893. The van der Waals surface area contributed by atoms with Crippen LogP contribution in [-0.4, -0.2) is 47.0 Å². The summed E-state index contributed by atoms with van der Waals surface area (Å²) in [5.41, 5.74) is 2.01. The number of piperazine rings is 1. The third-order valence-electron chi connectivity index (χ3n) is 6.80. The highest BCUT2D eigenvalue weighted by Gasteiger charge is 2.48. The summed E-state index contributed by atoms with van der Waals surface area (Å²) in [6.45, 7) is 6.10. The third-order valence-corrected chi connectivity index (χ3v) is 6.80. The molecule has 0 bridgehead atoms. The van der Waals surface area contributed by atoms with Gasteiger partial charge in [0.1, 0.15) is 0 Å². The lowest BCUT2D eigenvalue weighted by molar-refractivity contribution is -0.161. The number of hydrogen-bond acceptors (Lipinski definition) is 3. The first-order valence-corrected chi connectivity index (χ1v) is 10.9. The van der Waals surface area contributed by atoms with Crippen molar-refractivity contribution in [1.29, 1.82) is 0 Å². The minimum absolute atomic E-state index is 0.0161. The first kappa shape index (κ1) is 20.1. The Labute approximate surface area is 174 Å². The lowest BCUT2D eigenvalue weighted by Gasteiger charge is -2.41. The van der Waals surface area contributed by atoms with E-state index in [1.54, 1.807) is 0 Å². The highest BCUT2D eigenvalue weighted by Crippen LogP contribution is 2.42. The first-order chi connectivity index (χ1) is 14.1. The van der Waals surface area contributed by atoms with Gasteiger partial charge in [-0.05, 0) is 36.5 Å². The van der Waals surface area contributed by atoms with Gasteiger partial charge in [0, 0.05) is 38.6 Å². The Morgan fingerprint density at radius 2 is 1.59 bits per heavy atom. The number of aliphatic hydroxyl groups is 1. The van der Waals surface area contributed by atoms with E-state index < -0.39 is 5.60 Å². The Hall–Kier alpha value is -2.17. The Morgan fingerprint density at radius 1 is 0.966 bits per heavy atom. The van der Waals surface area contributed by atoms with Crippen LogP contribution in [0, 0.1) is 12.8 Å². The first-order valence-electron chi connectivity index (χ1n) is 10.9. The van der Waals surface area contributed by atoms with E-state index in [0.717, 1.165) is 50.9 Å². The SMILES string of the molecule is Cc1ccccc1CN1CCN(C(=O)[C@](O)(c2ccccc2)C2CCCC2)CC1. The van der Waals surface area contributed by atoms with Crippen molar-refractivity contribution in [2.75, 3.05) is 26.2 Å². The highest BCUT2D eigenvalue weighted by molar-refractivity contribution is 5.87. The van der Waals surface area contributed by atoms with E-state index in [0.29, 0.717) is 13.1 Å². The van der Waals surface area contributed by atoms with Crippen LogP contribution in [0.4, 0.5) is 0 Å². The molecule has 29 heavy (non-hydrogen) atoms. The van der Waals surface area contributed by atoms with Crippen LogP contribution in [0.3, 0.4) is 0 Å². The molecule has 1 saturated carbocycles. The summed E-state index contributed by atoms with van der Waals surface area (Å²) in [6.07, 6.45) is 4.03. The van der Waals surface area contributed by atoms with Gasteiger partial charge in [0.2, 0.25) is 0 Å². The fraction of sp³-hybridized carbons (Fsp3) is 0.480. The number of hydrogen-bond donors (Lipinski definition) is 1. The maximum Gasteiger partial charge on any atom is 0.259 e. The molecule has 2 aromatic rings. The maximum atomic E-state index is 13.6. The quantitative estimate of drug-likeness (QED) is 0.843. The smallest absolute Gasteiger partial charge is 0.259 e. The number of rotatable bonds is 5. The summed E-state index contributed by atoms with van der Waals surface area (Å²) in [4.78, 5) is 17.9. The second kappa shape index (κ2) is 8.68. The van der Waals surface area contributed by atoms with Gasteiger partial charge in [-0.25, -0.2) is 0 Å². The third kappa shape index (κ3) is 4.10. The molecule has 0 spiro atoms. The van der Waals surface area contributed by atoms with E-state index in [4.69, 9.17) is 0 Å². The average molecular weight is 393 g/mol. The Bertz CT molecular complexity index is 824. The molecule has 2 aromatic carbocycles. The van der Waals surface area contributed by atoms with Crippen LogP contribution in [0.15, 0.2) is 54.6 Å². The molecule has 1 aliphatic heterocycles. The molecule has 1 aliphatic carbocycles. The van der Waals surface area contributed by atoms with Gasteiger partial charge in [0.15, 0.2) is 5.60 Å². The van der Waals surface area contributed by atoms with Gasteiger partial charge >= 0.3 is 0 Å². The second-order valence-corrected chi connectivity index (χ2v) is 8.61. The molecule has 4 rings (SSSR count). The van der Waals surface area contributed by atoms with Crippen molar-refractivity contribution in [1.82, 2.24) is 9.80 Å². The fourth-order valence-corrected chi connectivity index (χ4v) is 4.95. The minimum Gasteiger partial charge on any atom is -0.375 e. The molecule has 154 valence electrons. The monoisotopic (exact) mass is 392 g/mol. The van der Waals surface area contributed by atoms with Gasteiger partial charge in [-0.2, -0.15) is 0 Å². The summed E-state index contributed by atoms with van der Waals surface area (Å²) in [7, 11) is 0. The minimum atomic E-state index is -1.39. The zero-order chi connectivity index (χ0) is 20.3. The summed E-state index contributed by atoms with van der Waals surface area (Å²) >= 11 is 0. The molecule has 1 N–H and O–H groups in total. The number of carbonyl (C=O) groups is 1. The van der Waals surface area contributed by atoms with Crippen molar-refractivity contribution < 1.29 is 9.90 Å². The highest BCUT2D eigenvalue weighted by atomic mass is 16.3. The van der Waals surface area contributed by atoms with Crippen molar-refractivity contribution in [3.63, 3.8) is 0 Å². The lowest BCUT2D eigenvalue weighted by Crippen LogP contribution is -2.56. The normalized spacial score (nSPS) is 20.6. The largest absolute Gasteiger partial charge is 0.375 e. The average Bonchev–Trinajstić information content (AvgIpc) is 3.31. The van der Waals surface area contributed by atoms with Crippen LogP contribution in [0.2, 0.25) is 0 Å². The molecule has 1 amide bonds. The van der Waals surface area contributed by atoms with Crippen molar-refractivity contribution in [2.24, 2.45) is 5.92 Å². The lowest BCUT2D eigenvalue weighted by atomic mass is 9.79. The molecule has 2 aliphatic rings. The van der Waals surface area contributed by atoms with E-state index in [1.165, 1.54) is 11.1 Å². The van der Waals surface area contributed by atoms with Crippen molar-refractivity contribution in [2.45, 2.75) is 44.8 Å². The molecule has 1 saturated heterocycles. The van der Waals surface area contributed by atoms with Gasteiger partial charge in [0.05, 0.1) is 0 Å². The molecular weight excluding hydrogens is 360 g/mol. The van der Waals surface area contributed by atoms with Gasteiger partial charge in [-0.1, -0.05) is 67.4 Å². The predicted molar refractivity (Wildman–Crippen MR) is 115 cm³/mol. The molecule has 1 atom stereocenters. The van der Waals surface area contributed by atoms with Crippen LogP contribution < -0.4 is 0 Å². The molecule has 0 unspecified atom stereocenters. The van der Waals surface area contributed by atoms with Crippen molar-refractivity contribution in [3.8, 4) is 0 Å². The van der Waals surface area contributed by atoms with Crippen molar-refractivity contribution in [3.05, 3.63) is 71.3 Å². The fourth-order valence-electron chi connectivity index (χ4n) is 4.95. The van der Waals surface area contributed by atoms with Crippen LogP contribution in [0.25, 0.3) is 0 Å². The number of nitrogens with zero attached hydrogens (tertiary/aromatic N) is 2. The van der Waals surface area contributed by atoms with Crippen LogP contribution >= 0.6 is 0 Å². The standard InChI is InChI=1S/C25H32N2O2/c1-20-9-5-6-10-21(20)19-26-15-17-27(18-16-26)24(28)25(29,23-13-7-8-14-23)22-11-3-2-4-12-22/h2-6,9-12,23,29H,7-8,13-19H2,1H3/t25-/m0/s1. The predicted octanol–water partition coefficient (Wildman–Crippen LogP) is 3.72. The molecule has 4 nitrogen and oxygen atoms in total. The van der Waals surface area contributed by atoms with Crippen LogP contribution in [0.5, 0.6) is 0 Å². The molecular formula is C25H32N2O2. The zero-order valence-electron chi connectivity index (χ0n) is 17.4. The van der Waals surface area contributed by atoms with E-state index in [-0.39, 0.29) is 11.8 Å².